The van der Waals surface area contributed by atoms with Gasteiger partial charge in [-0.2, -0.15) is 0 Å². The summed E-state index contributed by atoms with van der Waals surface area (Å²) in [4.78, 5) is 54.8. The summed E-state index contributed by atoms with van der Waals surface area (Å²) >= 11 is 1.44. The van der Waals surface area contributed by atoms with E-state index < -0.39 is 17.9 Å². The zero-order chi connectivity index (χ0) is 27.1. The molecule has 0 aromatic carbocycles. The highest BCUT2D eigenvalue weighted by Crippen LogP contribution is 2.51. The lowest BCUT2D eigenvalue weighted by atomic mass is 9.78. The van der Waals surface area contributed by atoms with Crippen molar-refractivity contribution in [1.29, 1.82) is 0 Å². The highest BCUT2D eigenvalue weighted by Gasteiger charge is 2.60. The molecule has 1 unspecified atom stereocenters. The molecule has 0 radical (unpaired) electrons. The lowest BCUT2D eigenvalue weighted by Crippen LogP contribution is -2.66. The Hall–Kier alpha value is -3.04. The van der Waals surface area contributed by atoms with E-state index in [-0.39, 0.29) is 59.3 Å². The number of aliphatic carboxylic acids is 1. The van der Waals surface area contributed by atoms with E-state index in [4.69, 9.17) is 5.73 Å². The summed E-state index contributed by atoms with van der Waals surface area (Å²) in [7, 11) is 0. The average Bonchev–Trinajstić information content (AvgIpc) is 3.66. The largest absolute Gasteiger partial charge is 0.477 e. The number of rotatable bonds is 9. The number of hydrogen-bond acceptors (Lipinski definition) is 10. The van der Waals surface area contributed by atoms with Crippen molar-refractivity contribution in [1.82, 2.24) is 40.6 Å². The Balaban J connectivity index is 1.24. The Bertz CT molecular complexity index is 1140. The smallest absolute Gasteiger partial charge is 0.353 e. The predicted molar refractivity (Wildman–Crippen MR) is 135 cm³/mol. The molecule has 5 rings (SSSR count). The van der Waals surface area contributed by atoms with Crippen LogP contribution in [0.5, 0.6) is 0 Å². The van der Waals surface area contributed by atoms with Crippen LogP contribution in [0.3, 0.4) is 0 Å². The molecule has 38 heavy (non-hydrogen) atoms. The molecule has 5 heterocycles. The van der Waals surface area contributed by atoms with Crippen LogP contribution in [0.25, 0.3) is 0 Å². The minimum absolute atomic E-state index is 0.00431. The number of carboxylic acids is 1. The fourth-order valence-electron chi connectivity index (χ4n) is 6.22. The lowest BCUT2D eigenvalue weighted by molar-refractivity contribution is -0.158. The Kier molecular flexibility index (Phi) is 7.42. The normalized spacial score (nSPS) is 31.4. The number of nitrogens with one attached hydrogen (secondary N) is 2. The summed E-state index contributed by atoms with van der Waals surface area (Å²) in [5.74, 6) is -2.52. The molecule has 15 heteroatoms. The molecule has 3 saturated heterocycles. The fourth-order valence-corrected chi connectivity index (χ4v) is 7.70. The first-order chi connectivity index (χ1) is 18.2. The van der Waals surface area contributed by atoms with E-state index in [0.717, 1.165) is 12.8 Å². The molecule has 0 spiro atoms. The van der Waals surface area contributed by atoms with Crippen molar-refractivity contribution in [3.05, 3.63) is 16.9 Å². The fraction of sp³-hybridized carbons (Fsp3) is 0.696. The van der Waals surface area contributed by atoms with Crippen LogP contribution in [-0.4, -0.2) is 108 Å². The standard InChI is InChI=1S/C23H33N9O5S/c1-11-18-17(12(2)27-16(33)9-30-10-26-28-29-30)22(35)32(18)19(23(36)37)20(11)38-14-6-15(25-8-14)21(34)31-5-3-4-13(31)7-24/h10-15,17-18,25H,3-9,24H2,1-2H3,(H,27,33)(H,36,37)/t11-,12-,13+,14+,15?,17-,18-/m1/s1. The van der Waals surface area contributed by atoms with Crippen LogP contribution in [0.2, 0.25) is 0 Å². The summed E-state index contributed by atoms with van der Waals surface area (Å²) in [5.41, 5.74) is 5.86. The second-order valence-corrected chi connectivity index (χ2v) is 11.7. The van der Waals surface area contributed by atoms with Crippen molar-refractivity contribution in [2.45, 2.75) is 69.1 Å². The van der Waals surface area contributed by atoms with E-state index in [1.807, 2.05) is 11.8 Å². The first-order valence-electron chi connectivity index (χ1n) is 12.9. The molecule has 4 aliphatic heterocycles. The van der Waals surface area contributed by atoms with E-state index in [0.29, 0.717) is 31.0 Å². The number of carbonyl (C=O) groups is 4. The molecule has 5 N–H and O–H groups in total. The van der Waals surface area contributed by atoms with Crippen LogP contribution >= 0.6 is 11.8 Å². The molecule has 7 atom stereocenters. The van der Waals surface area contributed by atoms with Crippen molar-refractivity contribution in [3.63, 3.8) is 0 Å². The Morgan fingerprint density at radius 1 is 1.37 bits per heavy atom. The van der Waals surface area contributed by atoms with Gasteiger partial charge in [0.1, 0.15) is 18.6 Å². The van der Waals surface area contributed by atoms with E-state index in [1.165, 1.54) is 27.7 Å². The van der Waals surface area contributed by atoms with Gasteiger partial charge in [-0.15, -0.1) is 16.9 Å². The van der Waals surface area contributed by atoms with Crippen LogP contribution < -0.4 is 16.4 Å². The second-order valence-electron chi connectivity index (χ2n) is 10.4. The van der Waals surface area contributed by atoms with Gasteiger partial charge in [-0.1, -0.05) is 6.92 Å². The second kappa shape index (κ2) is 10.6. The topological polar surface area (TPSA) is 189 Å². The van der Waals surface area contributed by atoms with E-state index >= 15 is 0 Å². The van der Waals surface area contributed by atoms with Crippen molar-refractivity contribution in [2.75, 3.05) is 19.6 Å². The highest BCUT2D eigenvalue weighted by molar-refractivity contribution is 8.03. The Morgan fingerprint density at radius 2 is 2.16 bits per heavy atom. The number of nitrogens with two attached hydrogens (primary N) is 1. The maximum Gasteiger partial charge on any atom is 0.353 e. The minimum atomic E-state index is -1.15. The molecule has 0 aliphatic carbocycles. The predicted octanol–water partition coefficient (Wildman–Crippen LogP) is -1.64. The highest BCUT2D eigenvalue weighted by atomic mass is 32.2. The first kappa shape index (κ1) is 26.6. The third-order valence-corrected chi connectivity index (χ3v) is 9.54. The van der Waals surface area contributed by atoms with E-state index in [9.17, 15) is 24.3 Å². The molecular formula is C23H33N9O5S. The van der Waals surface area contributed by atoms with Gasteiger partial charge in [0, 0.05) is 47.8 Å². The van der Waals surface area contributed by atoms with Gasteiger partial charge in [-0.3, -0.25) is 14.4 Å². The van der Waals surface area contributed by atoms with Gasteiger partial charge < -0.3 is 31.3 Å². The summed E-state index contributed by atoms with van der Waals surface area (Å²) in [5, 5.41) is 26.8. The summed E-state index contributed by atoms with van der Waals surface area (Å²) in [6, 6.07) is -1.11. The number of tetrazole rings is 1. The zero-order valence-electron chi connectivity index (χ0n) is 21.3. The molecule has 1 aromatic heterocycles. The number of hydrogen-bond donors (Lipinski definition) is 4. The lowest BCUT2D eigenvalue weighted by Gasteiger charge is -2.47. The monoisotopic (exact) mass is 547 g/mol. The Morgan fingerprint density at radius 3 is 2.84 bits per heavy atom. The van der Waals surface area contributed by atoms with Crippen LogP contribution in [0, 0.1) is 11.8 Å². The quantitative estimate of drug-likeness (QED) is 0.260. The molecule has 1 aromatic rings. The Labute approximate surface area is 223 Å². The van der Waals surface area contributed by atoms with E-state index in [1.54, 1.807) is 6.92 Å². The third kappa shape index (κ3) is 4.66. The molecule has 206 valence electrons. The number of amides is 3. The average molecular weight is 548 g/mol. The molecule has 3 amide bonds. The third-order valence-electron chi connectivity index (χ3n) is 8.03. The maximum atomic E-state index is 13.1. The number of carboxylic acid groups (broad SMARTS) is 1. The number of aromatic nitrogens is 4. The van der Waals surface area contributed by atoms with Gasteiger partial charge in [0.2, 0.25) is 17.7 Å². The van der Waals surface area contributed by atoms with Gasteiger partial charge in [0.05, 0.1) is 18.0 Å². The van der Waals surface area contributed by atoms with Gasteiger partial charge in [-0.25, -0.2) is 9.48 Å². The zero-order valence-corrected chi connectivity index (χ0v) is 22.1. The van der Waals surface area contributed by atoms with Crippen molar-refractivity contribution in [3.8, 4) is 0 Å². The number of carbonyl (C=O) groups excluding carboxylic acids is 3. The molecular weight excluding hydrogens is 514 g/mol. The van der Waals surface area contributed by atoms with Crippen LogP contribution in [-0.2, 0) is 25.7 Å². The van der Waals surface area contributed by atoms with E-state index in [2.05, 4.69) is 26.2 Å². The maximum absolute atomic E-state index is 13.1. The van der Waals surface area contributed by atoms with Crippen molar-refractivity contribution in [2.24, 2.45) is 17.6 Å². The van der Waals surface area contributed by atoms with Crippen molar-refractivity contribution < 1.29 is 24.3 Å². The summed E-state index contributed by atoms with van der Waals surface area (Å²) in [6.07, 6.45) is 3.77. The number of β-lactam (4-membered cyclic amide) rings is 1. The van der Waals surface area contributed by atoms with Gasteiger partial charge in [0.15, 0.2) is 0 Å². The number of nitrogens with zero attached hydrogens (tertiary/aromatic N) is 6. The molecule has 4 aliphatic rings. The van der Waals surface area contributed by atoms with Crippen LogP contribution in [0.1, 0.15) is 33.1 Å². The first-order valence-corrected chi connectivity index (χ1v) is 13.8. The number of fused-ring (bicyclic) bond motifs is 1. The molecule has 0 bridgehead atoms. The number of thioether (sulfide) groups is 1. The minimum Gasteiger partial charge on any atom is -0.477 e. The molecule has 14 nitrogen and oxygen atoms in total. The molecule has 0 saturated carbocycles. The number of likely N-dealkylation sites (tertiary alicyclic amines) is 1. The SMILES string of the molecule is C[C@@H](NC(=O)Cn1cnnn1)[C@H]1C(=O)N2C(C(=O)O)=C(S[C@@H]3CNC(C(=O)N4CCC[C@H]4CN)C3)[C@H](C)[C@H]12. The summed E-state index contributed by atoms with van der Waals surface area (Å²) in [6.45, 7) is 5.32. The van der Waals surface area contributed by atoms with Gasteiger partial charge in [-0.05, 0) is 36.6 Å². The van der Waals surface area contributed by atoms with Crippen LogP contribution in [0.15, 0.2) is 16.9 Å². The summed E-state index contributed by atoms with van der Waals surface area (Å²) < 4.78 is 1.28. The van der Waals surface area contributed by atoms with Crippen LogP contribution in [0.4, 0.5) is 0 Å². The molecule has 3 fully saturated rings. The van der Waals surface area contributed by atoms with Crippen molar-refractivity contribution >= 4 is 35.5 Å². The van der Waals surface area contributed by atoms with Gasteiger partial charge >= 0.3 is 5.97 Å². The van der Waals surface area contributed by atoms with Gasteiger partial charge in [0.25, 0.3) is 0 Å².